The molecule has 1 aromatic rings. The molecule has 96 valence electrons. The monoisotopic (exact) mass is 243 g/mol. The van der Waals surface area contributed by atoms with Crippen LogP contribution in [0.15, 0.2) is 6.07 Å². The van der Waals surface area contributed by atoms with E-state index in [-0.39, 0.29) is 11.6 Å². The summed E-state index contributed by atoms with van der Waals surface area (Å²) in [7, 11) is 0. The molecule has 0 aliphatic carbocycles. The number of nitrogens with zero attached hydrogens (tertiary/aromatic N) is 2. The Morgan fingerprint density at radius 3 is 2.35 bits per heavy atom. The zero-order valence-corrected chi connectivity index (χ0v) is 10.6. The van der Waals surface area contributed by atoms with Crippen molar-refractivity contribution in [2.24, 2.45) is 0 Å². The number of rotatable bonds is 6. The fourth-order valence-corrected chi connectivity index (χ4v) is 1.57. The predicted molar refractivity (Wildman–Crippen MR) is 66.5 cm³/mol. The smallest absolute Gasteiger partial charge is 0.168 e. The van der Waals surface area contributed by atoms with Gasteiger partial charge in [-0.05, 0) is 20.3 Å². The molecule has 0 amide bonds. The maximum absolute atomic E-state index is 13.6. The lowest BCUT2D eigenvalue weighted by atomic mass is 10.3. The number of hydrogen-bond donors (Lipinski definition) is 1. The van der Waals surface area contributed by atoms with E-state index in [1.165, 1.54) is 0 Å². The maximum Gasteiger partial charge on any atom is 0.168 e. The second-order valence-corrected chi connectivity index (χ2v) is 3.72. The van der Waals surface area contributed by atoms with Crippen LogP contribution in [0.5, 0.6) is 0 Å². The van der Waals surface area contributed by atoms with E-state index in [1.807, 2.05) is 20.8 Å². The van der Waals surface area contributed by atoms with Gasteiger partial charge in [0, 0.05) is 25.7 Å². The molecule has 0 saturated heterocycles. The molecule has 0 atom stereocenters. The highest BCUT2D eigenvalue weighted by molar-refractivity contribution is 5.49. The highest BCUT2D eigenvalue weighted by atomic mass is 19.1. The average Bonchev–Trinajstić information content (AvgIpc) is 2.31. The normalized spacial score (nSPS) is 10.4. The molecule has 17 heavy (non-hydrogen) atoms. The van der Waals surface area contributed by atoms with Crippen LogP contribution in [0, 0.1) is 11.6 Å². The molecule has 0 spiro atoms. The summed E-state index contributed by atoms with van der Waals surface area (Å²) < 4.78 is 27.0. The van der Waals surface area contributed by atoms with Gasteiger partial charge in [0.15, 0.2) is 23.3 Å². The van der Waals surface area contributed by atoms with Gasteiger partial charge in [0.25, 0.3) is 0 Å². The molecule has 1 rings (SSSR count). The third-order valence-electron chi connectivity index (χ3n) is 2.52. The summed E-state index contributed by atoms with van der Waals surface area (Å²) in [6.07, 6.45) is 0.860. The molecule has 0 saturated carbocycles. The SMILES string of the molecule is CCCNc1nc(N(CC)CC)c(F)cc1F. The van der Waals surface area contributed by atoms with E-state index in [1.54, 1.807) is 4.90 Å². The van der Waals surface area contributed by atoms with Crippen molar-refractivity contribution in [3.05, 3.63) is 17.7 Å². The fraction of sp³-hybridized carbons (Fsp3) is 0.583. The van der Waals surface area contributed by atoms with E-state index < -0.39 is 11.6 Å². The zero-order chi connectivity index (χ0) is 12.8. The van der Waals surface area contributed by atoms with Crippen molar-refractivity contribution >= 4 is 11.6 Å². The zero-order valence-electron chi connectivity index (χ0n) is 10.6. The largest absolute Gasteiger partial charge is 0.368 e. The van der Waals surface area contributed by atoms with Crippen LogP contribution in [0.3, 0.4) is 0 Å². The molecule has 0 bridgehead atoms. The van der Waals surface area contributed by atoms with Gasteiger partial charge in [0.1, 0.15) is 0 Å². The second-order valence-electron chi connectivity index (χ2n) is 3.72. The molecule has 0 fully saturated rings. The van der Waals surface area contributed by atoms with Crippen LogP contribution in [-0.2, 0) is 0 Å². The number of anilines is 2. The number of pyridine rings is 1. The van der Waals surface area contributed by atoms with E-state index >= 15 is 0 Å². The van der Waals surface area contributed by atoms with Gasteiger partial charge < -0.3 is 10.2 Å². The van der Waals surface area contributed by atoms with E-state index in [0.29, 0.717) is 19.6 Å². The Hall–Kier alpha value is -1.39. The molecule has 1 heterocycles. The van der Waals surface area contributed by atoms with Gasteiger partial charge in [-0.25, -0.2) is 13.8 Å². The minimum Gasteiger partial charge on any atom is -0.368 e. The fourth-order valence-electron chi connectivity index (χ4n) is 1.57. The first kappa shape index (κ1) is 13.7. The van der Waals surface area contributed by atoms with E-state index in [9.17, 15) is 8.78 Å². The molecule has 0 aliphatic heterocycles. The number of nitrogens with one attached hydrogen (secondary N) is 1. The summed E-state index contributed by atoms with van der Waals surface area (Å²) in [4.78, 5) is 5.77. The van der Waals surface area contributed by atoms with E-state index in [4.69, 9.17) is 0 Å². The second kappa shape index (κ2) is 6.37. The molecule has 5 heteroatoms. The molecule has 0 aliphatic rings. The Morgan fingerprint density at radius 2 is 1.82 bits per heavy atom. The molecule has 1 aromatic heterocycles. The van der Waals surface area contributed by atoms with Crippen molar-refractivity contribution < 1.29 is 8.78 Å². The third-order valence-corrected chi connectivity index (χ3v) is 2.52. The van der Waals surface area contributed by atoms with Crippen LogP contribution >= 0.6 is 0 Å². The molecular weight excluding hydrogens is 224 g/mol. The van der Waals surface area contributed by atoms with Crippen molar-refractivity contribution in [2.45, 2.75) is 27.2 Å². The Bertz CT molecular complexity index is 365. The molecule has 0 aromatic carbocycles. The lowest BCUT2D eigenvalue weighted by Crippen LogP contribution is -2.25. The lowest BCUT2D eigenvalue weighted by molar-refractivity contribution is 0.570. The summed E-state index contributed by atoms with van der Waals surface area (Å²) in [5, 5.41) is 2.85. The summed E-state index contributed by atoms with van der Waals surface area (Å²) in [5.41, 5.74) is 0. The van der Waals surface area contributed by atoms with Gasteiger partial charge in [-0.1, -0.05) is 6.92 Å². The topological polar surface area (TPSA) is 28.2 Å². The Labute approximate surface area is 101 Å². The standard InChI is InChI=1S/C12H19F2N3/c1-4-7-15-11-9(13)8-10(14)12(16-11)17(5-2)6-3/h8H,4-7H2,1-3H3,(H,15,16). The summed E-state index contributed by atoms with van der Waals surface area (Å²) in [6.45, 7) is 7.69. The molecule has 0 unspecified atom stereocenters. The first-order valence-corrected chi connectivity index (χ1v) is 5.98. The van der Waals surface area contributed by atoms with Gasteiger partial charge in [0.05, 0.1) is 0 Å². The third kappa shape index (κ3) is 3.28. The van der Waals surface area contributed by atoms with Crippen LogP contribution in [0.2, 0.25) is 0 Å². The van der Waals surface area contributed by atoms with E-state index in [0.717, 1.165) is 12.5 Å². The van der Waals surface area contributed by atoms with Crippen molar-refractivity contribution in [1.29, 1.82) is 0 Å². The van der Waals surface area contributed by atoms with Crippen molar-refractivity contribution in [3.8, 4) is 0 Å². The first-order chi connectivity index (χ1) is 8.13. The van der Waals surface area contributed by atoms with Crippen molar-refractivity contribution in [1.82, 2.24) is 4.98 Å². The Kier molecular flexibility index (Phi) is 5.12. The number of aromatic nitrogens is 1. The maximum atomic E-state index is 13.6. The van der Waals surface area contributed by atoms with Crippen molar-refractivity contribution in [3.63, 3.8) is 0 Å². The Balaban J connectivity index is 3.04. The predicted octanol–water partition coefficient (Wildman–Crippen LogP) is 3.03. The number of hydrogen-bond acceptors (Lipinski definition) is 3. The summed E-state index contributed by atoms with van der Waals surface area (Å²) >= 11 is 0. The van der Waals surface area contributed by atoms with Crippen LogP contribution in [-0.4, -0.2) is 24.6 Å². The first-order valence-electron chi connectivity index (χ1n) is 5.98. The highest BCUT2D eigenvalue weighted by Gasteiger charge is 2.15. The average molecular weight is 243 g/mol. The molecule has 0 radical (unpaired) electrons. The Morgan fingerprint density at radius 1 is 1.18 bits per heavy atom. The van der Waals surface area contributed by atoms with E-state index in [2.05, 4.69) is 10.3 Å². The quantitative estimate of drug-likeness (QED) is 0.832. The lowest BCUT2D eigenvalue weighted by Gasteiger charge is -2.21. The minimum atomic E-state index is -0.646. The molecule has 3 nitrogen and oxygen atoms in total. The van der Waals surface area contributed by atoms with Crippen LogP contribution in [0.4, 0.5) is 20.4 Å². The minimum absolute atomic E-state index is 0.121. The summed E-state index contributed by atoms with van der Waals surface area (Å²) in [5.74, 6) is -0.940. The van der Waals surface area contributed by atoms with Gasteiger partial charge in [-0.15, -0.1) is 0 Å². The van der Waals surface area contributed by atoms with Crippen molar-refractivity contribution in [2.75, 3.05) is 29.9 Å². The van der Waals surface area contributed by atoms with Crippen LogP contribution < -0.4 is 10.2 Å². The van der Waals surface area contributed by atoms with Crippen LogP contribution in [0.25, 0.3) is 0 Å². The highest BCUT2D eigenvalue weighted by Crippen LogP contribution is 2.22. The van der Waals surface area contributed by atoms with Gasteiger partial charge >= 0.3 is 0 Å². The van der Waals surface area contributed by atoms with Crippen LogP contribution in [0.1, 0.15) is 27.2 Å². The number of halogens is 2. The van der Waals surface area contributed by atoms with Gasteiger partial charge in [-0.3, -0.25) is 0 Å². The molecular formula is C12H19F2N3. The molecule has 1 N–H and O–H groups in total. The summed E-state index contributed by atoms with van der Waals surface area (Å²) in [6, 6.07) is 0.888. The van der Waals surface area contributed by atoms with Gasteiger partial charge in [-0.2, -0.15) is 0 Å². The van der Waals surface area contributed by atoms with Gasteiger partial charge in [0.2, 0.25) is 0 Å².